The molecule has 3 aliphatic rings. The zero-order valence-electron chi connectivity index (χ0n) is 12.9. The highest BCUT2D eigenvalue weighted by Crippen LogP contribution is 2.62. The summed E-state index contributed by atoms with van der Waals surface area (Å²) in [6.45, 7) is 13.3. The Balaban J connectivity index is 1.55. The van der Waals surface area contributed by atoms with E-state index in [1.54, 1.807) is 0 Å². The second-order valence-electron chi connectivity index (χ2n) is 7.27. The normalized spacial score (nSPS) is 40.5. The molecule has 1 nitrogen and oxygen atoms in total. The molecular weight excluding hydrogens is 274 g/mol. The number of hydrogen-bond acceptors (Lipinski definition) is 2. The molecule has 1 aromatic rings. The first kappa shape index (κ1) is 13.6. The number of hydrogen-bond donors (Lipinski definition) is 0. The molecule has 2 heteroatoms. The Morgan fingerprint density at radius 1 is 1.33 bits per heavy atom. The largest absolute Gasteiger partial charge is 0.370 e. The van der Waals surface area contributed by atoms with Gasteiger partial charge in [0.2, 0.25) is 0 Å². The lowest BCUT2D eigenvalue weighted by Crippen LogP contribution is -2.34. The second kappa shape index (κ2) is 5.01. The van der Waals surface area contributed by atoms with Crippen molar-refractivity contribution in [2.24, 2.45) is 35.5 Å². The molecule has 0 spiro atoms. The van der Waals surface area contributed by atoms with Crippen LogP contribution in [-0.4, -0.2) is 18.0 Å². The van der Waals surface area contributed by atoms with Gasteiger partial charge in [-0.3, -0.25) is 0 Å². The van der Waals surface area contributed by atoms with Crippen LogP contribution < -0.4 is 0 Å². The van der Waals surface area contributed by atoms with Gasteiger partial charge in [-0.05, 0) is 59.8 Å². The van der Waals surface area contributed by atoms with Crippen molar-refractivity contribution in [3.8, 4) is 0 Å². The SMILES string of the molecule is C=CCC1C2CC2C(C)C2CN(C(=C)c3cccs3)CC21. The van der Waals surface area contributed by atoms with E-state index in [0.29, 0.717) is 0 Å². The fourth-order valence-electron chi connectivity index (χ4n) is 5.19. The molecule has 0 bridgehead atoms. The third kappa shape index (κ3) is 2.11. The first-order valence-corrected chi connectivity index (χ1v) is 9.17. The fourth-order valence-corrected chi connectivity index (χ4v) is 5.92. The van der Waals surface area contributed by atoms with Gasteiger partial charge in [0, 0.05) is 23.7 Å². The van der Waals surface area contributed by atoms with Crippen LogP contribution in [0.2, 0.25) is 0 Å². The monoisotopic (exact) mass is 299 g/mol. The highest BCUT2D eigenvalue weighted by atomic mass is 32.1. The van der Waals surface area contributed by atoms with Crippen LogP contribution in [-0.2, 0) is 0 Å². The molecular formula is C19H25NS. The van der Waals surface area contributed by atoms with Gasteiger partial charge in [-0.2, -0.15) is 0 Å². The summed E-state index contributed by atoms with van der Waals surface area (Å²) in [4.78, 5) is 3.91. The average Bonchev–Trinajstić information content (AvgIpc) is 2.92. The van der Waals surface area contributed by atoms with E-state index in [2.05, 4.69) is 48.6 Å². The molecule has 0 N–H and O–H groups in total. The Hall–Kier alpha value is -1.02. The lowest BCUT2D eigenvalue weighted by atomic mass is 9.68. The van der Waals surface area contributed by atoms with Gasteiger partial charge in [0.25, 0.3) is 0 Å². The van der Waals surface area contributed by atoms with Crippen molar-refractivity contribution in [1.82, 2.24) is 4.90 Å². The molecule has 0 aromatic carbocycles. The van der Waals surface area contributed by atoms with Crippen LogP contribution in [0.25, 0.3) is 5.70 Å². The van der Waals surface area contributed by atoms with Crippen molar-refractivity contribution in [3.05, 3.63) is 41.6 Å². The molecule has 1 aromatic heterocycles. The number of thiophene rings is 1. The van der Waals surface area contributed by atoms with Crippen LogP contribution >= 0.6 is 11.3 Å². The molecule has 1 aliphatic heterocycles. The minimum atomic E-state index is 0.860. The molecule has 1 saturated heterocycles. The summed E-state index contributed by atoms with van der Waals surface area (Å²) < 4.78 is 0. The fraction of sp³-hybridized carbons (Fsp3) is 0.579. The summed E-state index contributed by atoms with van der Waals surface area (Å²) in [7, 11) is 0. The maximum Gasteiger partial charge on any atom is 0.0497 e. The highest BCUT2D eigenvalue weighted by Gasteiger charge is 2.58. The van der Waals surface area contributed by atoms with Crippen molar-refractivity contribution >= 4 is 17.0 Å². The summed E-state index contributed by atoms with van der Waals surface area (Å²) in [5, 5.41) is 2.15. The zero-order chi connectivity index (χ0) is 14.6. The van der Waals surface area contributed by atoms with Crippen LogP contribution in [0.15, 0.2) is 36.7 Å². The summed E-state index contributed by atoms with van der Waals surface area (Å²) in [5.41, 5.74) is 1.25. The Morgan fingerprint density at radius 3 is 2.86 bits per heavy atom. The van der Waals surface area contributed by atoms with Crippen LogP contribution in [0.3, 0.4) is 0 Å². The van der Waals surface area contributed by atoms with Gasteiger partial charge in [-0.15, -0.1) is 17.9 Å². The number of rotatable bonds is 4. The number of likely N-dealkylation sites (tertiary alicyclic amines) is 1. The van der Waals surface area contributed by atoms with Crippen molar-refractivity contribution in [3.63, 3.8) is 0 Å². The summed E-state index contributed by atoms with van der Waals surface area (Å²) in [6, 6.07) is 4.34. The van der Waals surface area contributed by atoms with Gasteiger partial charge >= 0.3 is 0 Å². The standard InChI is InChI=1S/C19H25NS/c1-4-6-14-16-9-15(16)12(2)17-10-20(11-18(14)17)13(3)19-7-5-8-21-19/h4-5,7-8,12,14-18H,1,3,6,9-11H2,2H3. The van der Waals surface area contributed by atoms with E-state index in [0.717, 1.165) is 35.5 Å². The third-order valence-electron chi connectivity index (χ3n) is 6.38. The van der Waals surface area contributed by atoms with Crippen LogP contribution in [0, 0.1) is 35.5 Å². The molecule has 6 unspecified atom stereocenters. The first-order chi connectivity index (χ1) is 10.2. The summed E-state index contributed by atoms with van der Waals surface area (Å²) in [5.74, 6) is 5.52. The quantitative estimate of drug-likeness (QED) is 0.726. The molecule has 4 rings (SSSR count). The summed E-state index contributed by atoms with van der Waals surface area (Å²) in [6.07, 6.45) is 4.86. The maximum absolute atomic E-state index is 4.38. The van der Waals surface area contributed by atoms with Crippen LogP contribution in [0.1, 0.15) is 24.6 Å². The highest BCUT2D eigenvalue weighted by molar-refractivity contribution is 7.11. The molecule has 0 radical (unpaired) electrons. The minimum Gasteiger partial charge on any atom is -0.370 e. The van der Waals surface area contributed by atoms with Crippen molar-refractivity contribution < 1.29 is 0 Å². The first-order valence-electron chi connectivity index (χ1n) is 8.29. The summed E-state index contributed by atoms with van der Waals surface area (Å²) >= 11 is 1.81. The van der Waals surface area contributed by atoms with Crippen molar-refractivity contribution in [2.45, 2.75) is 19.8 Å². The topological polar surface area (TPSA) is 3.24 Å². The van der Waals surface area contributed by atoms with E-state index in [9.17, 15) is 0 Å². The van der Waals surface area contributed by atoms with Gasteiger partial charge in [-0.1, -0.05) is 25.6 Å². The van der Waals surface area contributed by atoms with E-state index < -0.39 is 0 Å². The minimum absolute atomic E-state index is 0.860. The molecule has 0 amide bonds. The van der Waals surface area contributed by atoms with Crippen molar-refractivity contribution in [1.29, 1.82) is 0 Å². The Bertz CT molecular complexity index is 546. The van der Waals surface area contributed by atoms with E-state index in [-0.39, 0.29) is 0 Å². The molecule has 6 atom stereocenters. The Labute approximate surface area is 132 Å². The van der Waals surface area contributed by atoms with E-state index in [4.69, 9.17) is 0 Å². The third-order valence-corrected chi connectivity index (χ3v) is 7.30. The number of nitrogens with zero attached hydrogens (tertiary/aromatic N) is 1. The van der Waals surface area contributed by atoms with E-state index in [1.807, 2.05) is 11.3 Å². The van der Waals surface area contributed by atoms with Crippen LogP contribution in [0.4, 0.5) is 0 Å². The molecule has 2 heterocycles. The number of allylic oxidation sites excluding steroid dienone is 1. The Morgan fingerprint density at radius 2 is 2.14 bits per heavy atom. The zero-order valence-corrected chi connectivity index (χ0v) is 13.7. The predicted molar refractivity (Wildman–Crippen MR) is 91.0 cm³/mol. The molecule has 2 saturated carbocycles. The van der Waals surface area contributed by atoms with Gasteiger partial charge in [0.1, 0.15) is 0 Å². The van der Waals surface area contributed by atoms with E-state index >= 15 is 0 Å². The maximum atomic E-state index is 4.38. The second-order valence-corrected chi connectivity index (χ2v) is 8.22. The average molecular weight is 299 g/mol. The Kier molecular flexibility index (Phi) is 3.25. The molecule has 21 heavy (non-hydrogen) atoms. The predicted octanol–water partition coefficient (Wildman–Crippen LogP) is 4.74. The molecule has 2 aliphatic carbocycles. The lowest BCUT2D eigenvalue weighted by Gasteiger charge is -2.36. The van der Waals surface area contributed by atoms with Crippen molar-refractivity contribution in [2.75, 3.05) is 13.1 Å². The van der Waals surface area contributed by atoms with E-state index in [1.165, 1.54) is 36.5 Å². The van der Waals surface area contributed by atoms with Gasteiger partial charge in [0.05, 0.1) is 0 Å². The molecule has 112 valence electrons. The number of fused-ring (bicyclic) bond motifs is 2. The smallest absolute Gasteiger partial charge is 0.0497 e. The van der Waals surface area contributed by atoms with Gasteiger partial charge in [-0.25, -0.2) is 0 Å². The van der Waals surface area contributed by atoms with Gasteiger partial charge in [0.15, 0.2) is 0 Å². The molecule has 3 fully saturated rings. The van der Waals surface area contributed by atoms with Crippen LogP contribution in [0.5, 0.6) is 0 Å². The van der Waals surface area contributed by atoms with Gasteiger partial charge < -0.3 is 4.90 Å². The lowest BCUT2D eigenvalue weighted by molar-refractivity contribution is 0.130.